The Bertz CT molecular complexity index is 848. The van der Waals surface area contributed by atoms with E-state index in [1.807, 2.05) is 0 Å². The highest BCUT2D eigenvalue weighted by atomic mass is 32.2. The number of nitrogens with one attached hydrogen (secondary N) is 1. The second kappa shape index (κ2) is 8.31. The van der Waals surface area contributed by atoms with E-state index in [4.69, 9.17) is 0 Å². The van der Waals surface area contributed by atoms with E-state index in [9.17, 15) is 13.5 Å². The monoisotopic (exact) mass is 377 g/mol. The maximum Gasteiger partial charge on any atom is 0.175 e. The average molecular weight is 378 g/mol. The Hall–Kier alpha value is -1.73. The summed E-state index contributed by atoms with van der Waals surface area (Å²) >= 11 is 0. The Kier molecular flexibility index (Phi) is 6.09. The first kappa shape index (κ1) is 19.0. The van der Waals surface area contributed by atoms with Crippen LogP contribution in [0.1, 0.15) is 38.5 Å². The number of sulfone groups is 1. The number of aliphatic hydroxyl groups excluding tert-OH is 1. The van der Waals surface area contributed by atoms with Crippen LogP contribution in [0.5, 0.6) is 0 Å². The second-order valence-electron chi connectivity index (χ2n) is 7.34. The van der Waals surface area contributed by atoms with Gasteiger partial charge in [-0.05, 0) is 36.5 Å². The first-order valence-electron chi connectivity index (χ1n) is 9.27. The van der Waals surface area contributed by atoms with E-state index in [2.05, 4.69) is 15.3 Å². The number of hydrogen-bond acceptors (Lipinski definition) is 6. The van der Waals surface area contributed by atoms with Crippen molar-refractivity contribution in [3.63, 3.8) is 0 Å². The highest BCUT2D eigenvalue weighted by Gasteiger charge is 2.19. The fraction of sp³-hybridized carbons (Fsp3) is 0.579. The van der Waals surface area contributed by atoms with Crippen LogP contribution >= 0.6 is 0 Å². The molecule has 1 fully saturated rings. The lowest BCUT2D eigenvalue weighted by molar-refractivity contribution is 0.192. The molecule has 0 amide bonds. The van der Waals surface area contributed by atoms with Crippen molar-refractivity contribution in [3.05, 3.63) is 24.5 Å². The number of nitrogens with zero attached hydrogens (tertiary/aromatic N) is 2. The number of benzene rings is 1. The summed E-state index contributed by atoms with van der Waals surface area (Å²) in [7, 11) is -3.29. The molecule has 7 heteroatoms. The third-order valence-electron chi connectivity index (χ3n) is 5.24. The molecular formula is C19H27N3O3S. The van der Waals surface area contributed by atoms with Crippen LogP contribution in [0.2, 0.25) is 0 Å². The van der Waals surface area contributed by atoms with Crippen LogP contribution in [-0.2, 0) is 9.84 Å². The molecule has 1 aromatic heterocycles. The Labute approximate surface area is 155 Å². The molecule has 1 aromatic carbocycles. The van der Waals surface area contributed by atoms with Gasteiger partial charge in [-0.3, -0.25) is 0 Å². The van der Waals surface area contributed by atoms with Gasteiger partial charge in [0.2, 0.25) is 0 Å². The van der Waals surface area contributed by atoms with Gasteiger partial charge in [-0.2, -0.15) is 0 Å². The van der Waals surface area contributed by atoms with Crippen molar-refractivity contribution in [2.24, 2.45) is 11.8 Å². The van der Waals surface area contributed by atoms with Gasteiger partial charge in [-0.15, -0.1) is 0 Å². The minimum atomic E-state index is -3.29. The molecule has 26 heavy (non-hydrogen) atoms. The summed E-state index contributed by atoms with van der Waals surface area (Å²) in [5.41, 5.74) is 0.697. The van der Waals surface area contributed by atoms with Gasteiger partial charge in [0.25, 0.3) is 0 Å². The van der Waals surface area contributed by atoms with Crippen molar-refractivity contribution in [3.8, 4) is 0 Å². The van der Waals surface area contributed by atoms with Crippen molar-refractivity contribution < 1.29 is 13.5 Å². The quantitative estimate of drug-likeness (QED) is 0.770. The molecule has 0 saturated heterocycles. The van der Waals surface area contributed by atoms with Crippen molar-refractivity contribution in [2.75, 3.05) is 24.7 Å². The van der Waals surface area contributed by atoms with E-state index in [0.717, 1.165) is 6.42 Å². The predicted molar refractivity (Wildman–Crippen MR) is 103 cm³/mol. The number of hydrogen-bond donors (Lipinski definition) is 2. The molecule has 1 atom stereocenters. The molecule has 142 valence electrons. The van der Waals surface area contributed by atoms with Crippen molar-refractivity contribution in [1.82, 2.24) is 9.97 Å². The number of rotatable bonds is 7. The largest absolute Gasteiger partial charge is 0.396 e. The highest BCUT2D eigenvalue weighted by molar-refractivity contribution is 7.90. The molecule has 0 bridgehead atoms. The minimum absolute atomic E-state index is 0.140. The van der Waals surface area contributed by atoms with Crippen LogP contribution < -0.4 is 5.32 Å². The maximum absolute atomic E-state index is 11.8. The van der Waals surface area contributed by atoms with Gasteiger partial charge >= 0.3 is 0 Å². The molecule has 3 rings (SSSR count). The third-order valence-corrected chi connectivity index (χ3v) is 6.35. The summed E-state index contributed by atoms with van der Waals surface area (Å²) in [5.74, 6) is 1.48. The molecule has 0 unspecified atom stereocenters. The third kappa shape index (κ3) is 4.71. The summed E-state index contributed by atoms with van der Waals surface area (Å²) < 4.78 is 23.7. The molecule has 1 heterocycles. The SMILES string of the molecule is CS(=O)(=O)c1ccc2ncnc(NC[C@H](CO)CC3CCCCC3)c2c1. The lowest BCUT2D eigenvalue weighted by Gasteiger charge is -2.26. The van der Waals surface area contributed by atoms with Crippen molar-refractivity contribution in [1.29, 1.82) is 0 Å². The zero-order valence-electron chi connectivity index (χ0n) is 15.2. The van der Waals surface area contributed by atoms with E-state index in [1.165, 1.54) is 44.7 Å². The van der Waals surface area contributed by atoms with Gasteiger partial charge in [0.1, 0.15) is 12.1 Å². The topological polar surface area (TPSA) is 92.2 Å². The Morgan fingerprint density at radius 2 is 2.00 bits per heavy atom. The number of aromatic nitrogens is 2. The Balaban J connectivity index is 1.74. The van der Waals surface area contributed by atoms with Crippen LogP contribution in [0, 0.1) is 11.8 Å². The Morgan fingerprint density at radius 1 is 1.23 bits per heavy atom. The predicted octanol–water partition coefficient (Wildman–Crippen LogP) is 3.02. The summed E-state index contributed by atoms with van der Waals surface area (Å²) in [6, 6.07) is 4.88. The van der Waals surface area contributed by atoms with Crippen molar-refractivity contribution >= 4 is 26.6 Å². The van der Waals surface area contributed by atoms with E-state index in [-0.39, 0.29) is 17.4 Å². The second-order valence-corrected chi connectivity index (χ2v) is 9.36. The summed E-state index contributed by atoms with van der Waals surface area (Å²) in [6.45, 7) is 0.753. The first-order chi connectivity index (χ1) is 12.5. The fourth-order valence-electron chi connectivity index (χ4n) is 3.76. The minimum Gasteiger partial charge on any atom is -0.396 e. The molecule has 1 aliphatic rings. The Morgan fingerprint density at radius 3 is 2.69 bits per heavy atom. The first-order valence-corrected chi connectivity index (χ1v) is 11.2. The molecule has 6 nitrogen and oxygen atoms in total. The van der Waals surface area contributed by atoms with Gasteiger partial charge in [0.15, 0.2) is 9.84 Å². The van der Waals surface area contributed by atoms with Crippen molar-refractivity contribution in [2.45, 2.75) is 43.4 Å². The van der Waals surface area contributed by atoms with Gasteiger partial charge < -0.3 is 10.4 Å². The van der Waals surface area contributed by atoms with Crippen LogP contribution in [0.25, 0.3) is 10.9 Å². The summed E-state index contributed by atoms with van der Waals surface area (Å²) in [6.07, 6.45) is 10.1. The lowest BCUT2D eigenvalue weighted by Crippen LogP contribution is -2.22. The van der Waals surface area contributed by atoms with E-state index in [0.29, 0.717) is 29.2 Å². The standard InChI is InChI=1S/C19H27N3O3S/c1-26(24,25)16-7-8-18-17(10-16)19(22-13-21-18)20-11-15(12-23)9-14-5-3-2-4-6-14/h7-8,10,13-15,23H,2-6,9,11-12H2,1H3,(H,20,21,22)/t15-/m1/s1. The zero-order valence-corrected chi connectivity index (χ0v) is 16.0. The molecule has 0 radical (unpaired) electrons. The molecule has 1 aliphatic carbocycles. The lowest BCUT2D eigenvalue weighted by atomic mass is 9.83. The van der Waals surface area contributed by atoms with E-state index in [1.54, 1.807) is 18.2 Å². The summed E-state index contributed by atoms with van der Waals surface area (Å²) in [5, 5.41) is 13.7. The average Bonchev–Trinajstić information content (AvgIpc) is 2.64. The molecule has 0 spiro atoms. The van der Waals surface area contributed by atoms with Gasteiger partial charge in [-0.25, -0.2) is 18.4 Å². The van der Waals surface area contributed by atoms with Crippen LogP contribution in [0.3, 0.4) is 0 Å². The maximum atomic E-state index is 11.8. The normalized spacial score (nSPS) is 17.3. The summed E-state index contributed by atoms with van der Waals surface area (Å²) in [4.78, 5) is 8.75. The van der Waals surface area contributed by atoms with Crippen LogP contribution in [-0.4, -0.2) is 42.9 Å². The smallest absolute Gasteiger partial charge is 0.175 e. The van der Waals surface area contributed by atoms with Crippen LogP contribution in [0.4, 0.5) is 5.82 Å². The van der Waals surface area contributed by atoms with Crippen LogP contribution in [0.15, 0.2) is 29.4 Å². The van der Waals surface area contributed by atoms with Gasteiger partial charge in [0, 0.05) is 24.8 Å². The molecular weight excluding hydrogens is 350 g/mol. The van der Waals surface area contributed by atoms with Gasteiger partial charge in [-0.1, -0.05) is 32.1 Å². The number of fused-ring (bicyclic) bond motifs is 1. The van der Waals surface area contributed by atoms with E-state index < -0.39 is 9.84 Å². The number of anilines is 1. The van der Waals surface area contributed by atoms with E-state index >= 15 is 0 Å². The van der Waals surface area contributed by atoms with Gasteiger partial charge in [0.05, 0.1) is 10.4 Å². The highest BCUT2D eigenvalue weighted by Crippen LogP contribution is 2.29. The molecule has 1 saturated carbocycles. The number of aliphatic hydroxyl groups is 1. The molecule has 0 aliphatic heterocycles. The zero-order chi connectivity index (χ0) is 18.6. The molecule has 2 N–H and O–H groups in total. The molecule has 2 aromatic rings. The fourth-order valence-corrected chi connectivity index (χ4v) is 4.41.